The molecule has 2 N–H and O–H groups in total. The largest absolute Gasteiger partial charge is 0.469 e. The Bertz CT molecular complexity index is 795. The van der Waals surface area contributed by atoms with Gasteiger partial charge < -0.3 is 20.0 Å². The molecule has 0 bridgehead atoms. The number of benzene rings is 1. The van der Waals surface area contributed by atoms with Gasteiger partial charge in [0.1, 0.15) is 11.6 Å². The van der Waals surface area contributed by atoms with Gasteiger partial charge in [-0.3, -0.25) is 4.79 Å². The first-order valence-electron chi connectivity index (χ1n) is 8.75. The number of carbonyl (C=O) groups is 2. The third-order valence-corrected chi connectivity index (χ3v) is 4.46. The van der Waals surface area contributed by atoms with Gasteiger partial charge in [0.15, 0.2) is 0 Å². The Morgan fingerprint density at radius 2 is 1.81 bits per heavy atom. The molecular formula is C19H22FN3O3. The van der Waals surface area contributed by atoms with Crippen molar-refractivity contribution in [3.8, 4) is 0 Å². The van der Waals surface area contributed by atoms with E-state index in [-0.39, 0.29) is 11.7 Å². The summed E-state index contributed by atoms with van der Waals surface area (Å²) >= 11 is 0. The molecule has 138 valence electrons. The number of amides is 3. The predicted molar refractivity (Wildman–Crippen MR) is 96.9 cm³/mol. The number of nitrogens with zero attached hydrogens (tertiary/aromatic N) is 1. The fraction of sp³-hybridized carbons (Fsp3) is 0.368. The smallest absolute Gasteiger partial charge is 0.321 e. The average molecular weight is 359 g/mol. The summed E-state index contributed by atoms with van der Waals surface area (Å²) in [6.45, 7) is 3.09. The van der Waals surface area contributed by atoms with Gasteiger partial charge in [-0.1, -0.05) is 12.8 Å². The van der Waals surface area contributed by atoms with Gasteiger partial charge in [0.25, 0.3) is 5.91 Å². The zero-order chi connectivity index (χ0) is 18.5. The highest BCUT2D eigenvalue weighted by Gasteiger charge is 2.17. The molecule has 3 rings (SSSR count). The number of urea groups is 1. The molecule has 7 heteroatoms. The number of anilines is 2. The second-order valence-corrected chi connectivity index (χ2v) is 6.37. The SMILES string of the molecule is Cc1occc1C(=O)Nc1cc(NC(=O)N2CCCCCC2)ccc1F. The molecule has 0 atom stereocenters. The first kappa shape index (κ1) is 18.0. The van der Waals surface area contributed by atoms with Gasteiger partial charge in [-0.25, -0.2) is 9.18 Å². The molecule has 3 amide bonds. The second kappa shape index (κ2) is 8.03. The maximum Gasteiger partial charge on any atom is 0.321 e. The van der Waals surface area contributed by atoms with Crippen LogP contribution < -0.4 is 10.6 Å². The zero-order valence-electron chi connectivity index (χ0n) is 14.7. The molecule has 0 saturated carbocycles. The highest BCUT2D eigenvalue weighted by molar-refractivity contribution is 6.05. The molecule has 0 aliphatic carbocycles. The van der Waals surface area contributed by atoms with Crippen LogP contribution in [-0.2, 0) is 0 Å². The molecule has 0 spiro atoms. The number of hydrogen-bond donors (Lipinski definition) is 2. The summed E-state index contributed by atoms with van der Waals surface area (Å²) in [6.07, 6.45) is 5.64. The Labute approximate surface area is 151 Å². The molecule has 1 aromatic heterocycles. The first-order valence-corrected chi connectivity index (χ1v) is 8.75. The highest BCUT2D eigenvalue weighted by Crippen LogP contribution is 2.22. The second-order valence-electron chi connectivity index (χ2n) is 6.37. The van der Waals surface area contributed by atoms with Crippen molar-refractivity contribution in [1.82, 2.24) is 4.90 Å². The van der Waals surface area contributed by atoms with Crippen LogP contribution in [0.1, 0.15) is 41.8 Å². The Morgan fingerprint density at radius 1 is 1.08 bits per heavy atom. The summed E-state index contributed by atoms with van der Waals surface area (Å²) in [5, 5.41) is 5.29. The predicted octanol–water partition coefficient (Wildman–Crippen LogP) is 4.39. The number of hydrogen-bond acceptors (Lipinski definition) is 3. The summed E-state index contributed by atoms with van der Waals surface area (Å²) in [5.41, 5.74) is 0.771. The number of aryl methyl sites for hydroxylation is 1. The van der Waals surface area contributed by atoms with Crippen molar-refractivity contribution in [2.75, 3.05) is 23.7 Å². The van der Waals surface area contributed by atoms with Crippen LogP contribution in [0.15, 0.2) is 34.9 Å². The fourth-order valence-corrected chi connectivity index (χ4v) is 2.99. The molecule has 1 fully saturated rings. The third kappa shape index (κ3) is 4.22. The average Bonchev–Trinajstić information content (AvgIpc) is 2.88. The van der Waals surface area contributed by atoms with Crippen molar-refractivity contribution in [2.45, 2.75) is 32.6 Å². The Hall–Kier alpha value is -2.83. The van der Waals surface area contributed by atoms with Crippen LogP contribution in [0.4, 0.5) is 20.6 Å². The van der Waals surface area contributed by atoms with Crippen molar-refractivity contribution in [3.05, 3.63) is 47.7 Å². The first-order chi connectivity index (χ1) is 12.5. The van der Waals surface area contributed by atoms with E-state index < -0.39 is 11.7 Å². The maximum atomic E-state index is 14.1. The lowest BCUT2D eigenvalue weighted by molar-refractivity contribution is 0.102. The molecule has 1 aliphatic heterocycles. The molecular weight excluding hydrogens is 337 g/mol. The number of carbonyl (C=O) groups excluding carboxylic acids is 2. The number of furan rings is 1. The van der Waals surface area contributed by atoms with Crippen molar-refractivity contribution in [2.24, 2.45) is 0 Å². The fourth-order valence-electron chi connectivity index (χ4n) is 2.99. The Balaban J connectivity index is 1.70. The van der Waals surface area contributed by atoms with E-state index in [9.17, 15) is 14.0 Å². The van der Waals surface area contributed by atoms with E-state index in [1.54, 1.807) is 11.8 Å². The van der Waals surface area contributed by atoms with Gasteiger partial charge in [0.05, 0.1) is 17.5 Å². The maximum absolute atomic E-state index is 14.1. The van der Waals surface area contributed by atoms with E-state index in [0.29, 0.717) is 17.0 Å². The van der Waals surface area contributed by atoms with Crippen LogP contribution in [0.25, 0.3) is 0 Å². The van der Waals surface area contributed by atoms with E-state index in [4.69, 9.17) is 4.42 Å². The summed E-state index contributed by atoms with van der Waals surface area (Å²) < 4.78 is 19.1. The van der Waals surface area contributed by atoms with Crippen molar-refractivity contribution < 1.29 is 18.4 Å². The van der Waals surface area contributed by atoms with Crippen LogP contribution in [0.2, 0.25) is 0 Å². The van der Waals surface area contributed by atoms with Crippen molar-refractivity contribution >= 4 is 23.3 Å². The van der Waals surface area contributed by atoms with E-state index in [1.165, 1.54) is 30.5 Å². The van der Waals surface area contributed by atoms with Crippen molar-refractivity contribution in [1.29, 1.82) is 0 Å². The minimum absolute atomic E-state index is 0.00395. The van der Waals surface area contributed by atoms with Crippen LogP contribution in [-0.4, -0.2) is 29.9 Å². The molecule has 6 nitrogen and oxygen atoms in total. The van der Waals surface area contributed by atoms with E-state index >= 15 is 0 Å². The molecule has 1 aromatic carbocycles. The lowest BCUT2D eigenvalue weighted by atomic mass is 10.2. The van der Waals surface area contributed by atoms with Gasteiger partial charge in [-0.2, -0.15) is 0 Å². The number of likely N-dealkylation sites (tertiary alicyclic amines) is 1. The van der Waals surface area contributed by atoms with Crippen molar-refractivity contribution in [3.63, 3.8) is 0 Å². The molecule has 26 heavy (non-hydrogen) atoms. The molecule has 1 aliphatic rings. The quantitative estimate of drug-likeness (QED) is 0.854. The lowest BCUT2D eigenvalue weighted by Gasteiger charge is -2.21. The van der Waals surface area contributed by atoms with Crippen LogP contribution >= 0.6 is 0 Å². The van der Waals surface area contributed by atoms with Gasteiger partial charge in [-0.05, 0) is 44.0 Å². The summed E-state index contributed by atoms with van der Waals surface area (Å²) in [5.74, 6) is -0.591. The molecule has 2 heterocycles. The molecule has 0 radical (unpaired) electrons. The normalized spacial score (nSPS) is 14.6. The minimum Gasteiger partial charge on any atom is -0.469 e. The number of halogens is 1. The number of nitrogens with one attached hydrogen (secondary N) is 2. The van der Waals surface area contributed by atoms with E-state index in [2.05, 4.69) is 10.6 Å². The van der Waals surface area contributed by atoms with Crippen LogP contribution in [0.3, 0.4) is 0 Å². The minimum atomic E-state index is -0.577. The third-order valence-electron chi connectivity index (χ3n) is 4.46. The van der Waals surface area contributed by atoms with Gasteiger partial charge in [0, 0.05) is 18.8 Å². The molecule has 0 unspecified atom stereocenters. The zero-order valence-corrected chi connectivity index (χ0v) is 14.7. The van der Waals surface area contributed by atoms with Gasteiger partial charge in [-0.15, -0.1) is 0 Å². The summed E-state index contributed by atoms with van der Waals surface area (Å²) in [6, 6.07) is 5.42. The van der Waals surface area contributed by atoms with E-state index in [0.717, 1.165) is 38.8 Å². The van der Waals surface area contributed by atoms with Gasteiger partial charge >= 0.3 is 6.03 Å². The monoisotopic (exact) mass is 359 g/mol. The molecule has 1 saturated heterocycles. The topological polar surface area (TPSA) is 74.6 Å². The summed E-state index contributed by atoms with van der Waals surface area (Å²) in [4.78, 5) is 26.4. The van der Waals surface area contributed by atoms with Crippen LogP contribution in [0, 0.1) is 12.7 Å². The highest BCUT2D eigenvalue weighted by atomic mass is 19.1. The Morgan fingerprint density at radius 3 is 2.46 bits per heavy atom. The Kier molecular flexibility index (Phi) is 5.55. The lowest BCUT2D eigenvalue weighted by Crippen LogP contribution is -2.35. The summed E-state index contributed by atoms with van der Waals surface area (Å²) in [7, 11) is 0. The van der Waals surface area contributed by atoms with Crippen LogP contribution in [0.5, 0.6) is 0 Å². The van der Waals surface area contributed by atoms with E-state index in [1.807, 2.05) is 0 Å². The standard InChI is InChI=1S/C19H22FN3O3/c1-13-15(8-11-26-13)18(24)22-17-12-14(6-7-16(17)20)21-19(25)23-9-4-2-3-5-10-23/h6-8,11-12H,2-5,9-10H2,1H3,(H,21,25)(H,22,24). The molecule has 2 aromatic rings. The number of rotatable bonds is 3. The van der Waals surface area contributed by atoms with Gasteiger partial charge in [0.2, 0.25) is 0 Å².